The van der Waals surface area contributed by atoms with Gasteiger partial charge in [-0.15, -0.1) is 0 Å². The van der Waals surface area contributed by atoms with Crippen molar-refractivity contribution >= 4 is 18.5 Å². The summed E-state index contributed by atoms with van der Waals surface area (Å²) in [6, 6.07) is 0. The highest BCUT2D eigenvalue weighted by Gasteiger charge is 2.44. The van der Waals surface area contributed by atoms with Gasteiger partial charge in [-0.3, -0.25) is 4.79 Å². The third-order valence-corrected chi connectivity index (χ3v) is 2.19. The molecule has 0 aromatic rings. The minimum atomic E-state index is -2.49. The van der Waals surface area contributed by atoms with Crippen LogP contribution >= 0.6 is 12.6 Å². The Balaban J connectivity index is 2.08. The molecule has 0 bridgehead atoms. The van der Waals surface area contributed by atoms with Crippen molar-refractivity contribution in [2.75, 3.05) is 12.3 Å². The van der Waals surface area contributed by atoms with Crippen LogP contribution < -0.4 is 5.32 Å². The molecule has 0 aromatic carbocycles. The minimum Gasteiger partial charge on any atom is -0.355 e. The molecule has 12 heavy (non-hydrogen) atoms. The topological polar surface area (TPSA) is 29.1 Å². The minimum absolute atomic E-state index is 0.0520. The molecule has 1 N–H and O–H groups in total. The van der Waals surface area contributed by atoms with Crippen LogP contribution in [-0.4, -0.2) is 24.1 Å². The second-order valence-electron chi connectivity index (χ2n) is 3.09. The zero-order valence-electron chi connectivity index (χ0n) is 6.52. The SMILES string of the molecule is O=C(CS)NCC1CC(F)(F)C1. The maximum absolute atomic E-state index is 12.3. The number of carbonyl (C=O) groups excluding carboxylic acids is 1. The molecule has 1 aliphatic rings. The zero-order chi connectivity index (χ0) is 9.19. The van der Waals surface area contributed by atoms with Gasteiger partial charge in [-0.2, -0.15) is 12.6 Å². The molecule has 0 aliphatic heterocycles. The molecule has 0 heterocycles. The fourth-order valence-corrected chi connectivity index (χ4v) is 1.36. The summed E-state index contributed by atoms with van der Waals surface area (Å²) in [5, 5.41) is 2.52. The van der Waals surface area contributed by atoms with Crippen LogP contribution in [0.5, 0.6) is 0 Å². The van der Waals surface area contributed by atoms with Crippen molar-refractivity contribution in [1.29, 1.82) is 0 Å². The number of thiol groups is 1. The molecule has 5 heteroatoms. The molecule has 0 atom stereocenters. The van der Waals surface area contributed by atoms with E-state index >= 15 is 0 Å². The quantitative estimate of drug-likeness (QED) is 0.648. The maximum atomic E-state index is 12.3. The van der Waals surface area contributed by atoms with E-state index < -0.39 is 5.92 Å². The van der Waals surface area contributed by atoms with Crippen LogP contribution in [0.2, 0.25) is 0 Å². The van der Waals surface area contributed by atoms with Gasteiger partial charge in [0.25, 0.3) is 0 Å². The second kappa shape index (κ2) is 3.60. The molecular weight excluding hydrogens is 184 g/mol. The van der Waals surface area contributed by atoms with Gasteiger partial charge in [0.15, 0.2) is 0 Å². The van der Waals surface area contributed by atoms with Crippen molar-refractivity contribution in [3.63, 3.8) is 0 Å². The molecule has 0 aromatic heterocycles. The van der Waals surface area contributed by atoms with Gasteiger partial charge in [0, 0.05) is 19.4 Å². The molecule has 0 unspecified atom stereocenters. The molecule has 2 nitrogen and oxygen atoms in total. The van der Waals surface area contributed by atoms with E-state index in [-0.39, 0.29) is 30.4 Å². The van der Waals surface area contributed by atoms with Crippen LogP contribution in [0.25, 0.3) is 0 Å². The maximum Gasteiger partial charge on any atom is 0.248 e. The van der Waals surface area contributed by atoms with Crippen LogP contribution in [0.15, 0.2) is 0 Å². The van der Waals surface area contributed by atoms with Crippen molar-refractivity contribution in [3.8, 4) is 0 Å². The standard InChI is InChI=1S/C7H11F2NOS/c8-7(9)1-5(2-7)3-10-6(11)4-12/h5,12H,1-4H2,(H,10,11). The first kappa shape index (κ1) is 9.77. The molecule has 1 aliphatic carbocycles. The predicted octanol–water partition coefficient (Wildman–Crippen LogP) is 1.08. The van der Waals surface area contributed by atoms with Gasteiger partial charge in [-0.1, -0.05) is 0 Å². The van der Waals surface area contributed by atoms with Crippen LogP contribution in [0, 0.1) is 5.92 Å². The van der Waals surface area contributed by atoms with Crippen molar-refractivity contribution < 1.29 is 13.6 Å². The molecule has 1 rings (SSSR count). The number of nitrogens with one attached hydrogen (secondary N) is 1. The van der Waals surface area contributed by atoms with Crippen LogP contribution in [-0.2, 0) is 4.79 Å². The summed E-state index contributed by atoms with van der Waals surface area (Å²) in [7, 11) is 0. The van der Waals surface area contributed by atoms with E-state index in [1.54, 1.807) is 0 Å². The van der Waals surface area contributed by atoms with Crippen molar-refractivity contribution in [2.24, 2.45) is 5.92 Å². The molecule has 1 amide bonds. The van der Waals surface area contributed by atoms with E-state index in [0.29, 0.717) is 6.54 Å². The van der Waals surface area contributed by atoms with Gasteiger partial charge < -0.3 is 5.32 Å². The van der Waals surface area contributed by atoms with E-state index in [0.717, 1.165) is 0 Å². The summed E-state index contributed by atoms with van der Waals surface area (Å²) >= 11 is 3.74. The molecule has 1 saturated carbocycles. The Morgan fingerprint density at radius 2 is 2.17 bits per heavy atom. The largest absolute Gasteiger partial charge is 0.355 e. The van der Waals surface area contributed by atoms with Crippen molar-refractivity contribution in [3.05, 3.63) is 0 Å². The number of amides is 1. The Kier molecular flexibility index (Phi) is 2.93. The summed E-state index contributed by atoms with van der Waals surface area (Å²) in [6.07, 6.45) is -0.195. The molecule has 0 radical (unpaired) electrons. The first-order valence-electron chi connectivity index (χ1n) is 3.79. The van der Waals surface area contributed by atoms with E-state index in [2.05, 4.69) is 17.9 Å². The number of hydrogen-bond acceptors (Lipinski definition) is 2. The Bertz CT molecular complexity index is 178. The fourth-order valence-electron chi connectivity index (χ4n) is 1.24. The molecule has 0 spiro atoms. The molecule has 1 fully saturated rings. The third kappa shape index (κ3) is 2.62. The summed E-state index contributed by atoms with van der Waals surface area (Å²) in [6.45, 7) is 0.356. The number of halogens is 2. The second-order valence-corrected chi connectivity index (χ2v) is 3.41. The van der Waals surface area contributed by atoms with Crippen molar-refractivity contribution in [1.82, 2.24) is 5.32 Å². The van der Waals surface area contributed by atoms with Gasteiger partial charge in [-0.05, 0) is 5.92 Å². The molecular formula is C7H11F2NOS. The number of hydrogen-bond donors (Lipinski definition) is 2. The lowest BCUT2D eigenvalue weighted by molar-refractivity contribution is -0.124. The fraction of sp³-hybridized carbons (Fsp3) is 0.857. The Hall–Kier alpha value is -0.320. The highest BCUT2D eigenvalue weighted by Crippen LogP contribution is 2.41. The smallest absolute Gasteiger partial charge is 0.248 e. The van der Waals surface area contributed by atoms with Crippen molar-refractivity contribution in [2.45, 2.75) is 18.8 Å². The average molecular weight is 195 g/mol. The van der Waals surface area contributed by atoms with Gasteiger partial charge in [-0.25, -0.2) is 8.78 Å². The number of carbonyl (C=O) groups is 1. The first-order valence-corrected chi connectivity index (χ1v) is 4.42. The van der Waals surface area contributed by atoms with Gasteiger partial charge >= 0.3 is 0 Å². The van der Waals surface area contributed by atoms with Crippen LogP contribution in [0.1, 0.15) is 12.8 Å². The summed E-state index contributed by atoms with van der Waals surface area (Å²) in [5.74, 6) is -2.63. The Morgan fingerprint density at radius 3 is 2.58 bits per heavy atom. The highest BCUT2D eigenvalue weighted by molar-refractivity contribution is 7.81. The van der Waals surface area contributed by atoms with Crippen LogP contribution in [0.3, 0.4) is 0 Å². The lowest BCUT2D eigenvalue weighted by Crippen LogP contribution is -2.42. The monoisotopic (exact) mass is 195 g/mol. The summed E-state index contributed by atoms with van der Waals surface area (Å²) < 4.78 is 24.5. The Labute approximate surface area is 75.1 Å². The lowest BCUT2D eigenvalue weighted by atomic mass is 9.81. The number of alkyl halides is 2. The van der Waals surface area contributed by atoms with E-state index in [4.69, 9.17) is 0 Å². The summed E-state index contributed by atoms with van der Waals surface area (Å²) in [5.41, 5.74) is 0. The first-order chi connectivity index (χ1) is 5.53. The Morgan fingerprint density at radius 1 is 1.58 bits per heavy atom. The normalized spacial score (nSPS) is 21.6. The van der Waals surface area contributed by atoms with E-state index in [1.807, 2.05) is 0 Å². The average Bonchev–Trinajstić information content (AvgIpc) is 1.96. The molecule has 0 saturated heterocycles. The van der Waals surface area contributed by atoms with Gasteiger partial charge in [0.1, 0.15) is 0 Å². The lowest BCUT2D eigenvalue weighted by Gasteiger charge is -2.34. The highest BCUT2D eigenvalue weighted by atomic mass is 32.1. The van der Waals surface area contributed by atoms with E-state index in [9.17, 15) is 13.6 Å². The van der Waals surface area contributed by atoms with Gasteiger partial charge in [0.2, 0.25) is 11.8 Å². The summed E-state index contributed by atoms with van der Waals surface area (Å²) in [4.78, 5) is 10.6. The third-order valence-electron chi connectivity index (χ3n) is 1.91. The number of rotatable bonds is 3. The van der Waals surface area contributed by atoms with Gasteiger partial charge in [0.05, 0.1) is 5.75 Å². The zero-order valence-corrected chi connectivity index (χ0v) is 7.41. The predicted molar refractivity (Wildman–Crippen MR) is 44.5 cm³/mol. The molecule has 70 valence electrons. The van der Waals surface area contributed by atoms with E-state index in [1.165, 1.54) is 0 Å². The van der Waals surface area contributed by atoms with Crippen LogP contribution in [0.4, 0.5) is 8.78 Å².